The lowest BCUT2D eigenvalue weighted by Crippen LogP contribution is -2.43. The van der Waals surface area contributed by atoms with Crippen molar-refractivity contribution in [3.8, 4) is 5.75 Å². The number of carbonyl (C=O) groups is 1. The Morgan fingerprint density at radius 2 is 2.13 bits per heavy atom. The van der Waals surface area contributed by atoms with Gasteiger partial charge in [0, 0.05) is 6.07 Å². The third-order valence-electron chi connectivity index (χ3n) is 3.23. The molecule has 1 aromatic heterocycles. The van der Waals surface area contributed by atoms with Gasteiger partial charge >= 0.3 is 0 Å². The maximum absolute atomic E-state index is 13.1. The number of hydrogen-bond donors (Lipinski definition) is 2. The lowest BCUT2D eigenvalue weighted by atomic mass is 10.0. The van der Waals surface area contributed by atoms with E-state index in [2.05, 4.69) is 5.32 Å². The molecule has 0 saturated carbocycles. The number of carbonyl (C=O) groups excluding carboxylic acids is 1. The number of amides is 1. The summed E-state index contributed by atoms with van der Waals surface area (Å²) in [5.41, 5.74) is -1.37. The van der Waals surface area contributed by atoms with Gasteiger partial charge in [0.05, 0.1) is 12.8 Å². The van der Waals surface area contributed by atoms with Crippen LogP contribution in [0, 0.1) is 11.6 Å². The molecule has 1 amide bonds. The Kier molecular flexibility index (Phi) is 5.00. The normalized spacial score (nSPS) is 14.8. The summed E-state index contributed by atoms with van der Waals surface area (Å²) < 4.78 is 36.3. The molecule has 124 valence electrons. The van der Waals surface area contributed by atoms with Crippen LogP contribution in [-0.4, -0.2) is 23.7 Å². The second-order valence-corrected chi connectivity index (χ2v) is 5.30. The molecule has 0 aliphatic rings. The molecule has 5 nitrogen and oxygen atoms in total. The summed E-state index contributed by atoms with van der Waals surface area (Å²) in [6, 6.07) is 6.21. The van der Waals surface area contributed by atoms with Crippen molar-refractivity contribution in [3.05, 3.63) is 54.0 Å². The topological polar surface area (TPSA) is 71.7 Å². The second-order valence-electron chi connectivity index (χ2n) is 5.30. The average molecular weight is 325 g/mol. The Balaban J connectivity index is 1.91. The maximum atomic E-state index is 13.1. The van der Waals surface area contributed by atoms with Crippen molar-refractivity contribution in [2.45, 2.75) is 25.6 Å². The quantitative estimate of drug-likeness (QED) is 0.855. The van der Waals surface area contributed by atoms with Crippen LogP contribution in [0.4, 0.5) is 8.78 Å². The third kappa shape index (κ3) is 4.29. The van der Waals surface area contributed by atoms with Crippen LogP contribution in [0.5, 0.6) is 5.75 Å². The van der Waals surface area contributed by atoms with Gasteiger partial charge in [0.2, 0.25) is 0 Å². The van der Waals surface area contributed by atoms with E-state index >= 15 is 0 Å². The molecular weight excluding hydrogens is 308 g/mol. The highest BCUT2D eigenvalue weighted by Crippen LogP contribution is 2.20. The first-order valence-corrected chi connectivity index (χ1v) is 6.95. The number of rotatable bonds is 6. The van der Waals surface area contributed by atoms with E-state index in [-0.39, 0.29) is 12.3 Å². The van der Waals surface area contributed by atoms with E-state index in [1.54, 1.807) is 12.1 Å². The molecule has 2 rings (SSSR count). The number of aliphatic hydroxyl groups is 1. The number of furan rings is 1. The Morgan fingerprint density at radius 1 is 1.39 bits per heavy atom. The van der Waals surface area contributed by atoms with Crippen LogP contribution in [0.3, 0.4) is 0 Å². The minimum Gasteiger partial charge on any atom is -0.481 e. The monoisotopic (exact) mass is 325 g/mol. The zero-order chi connectivity index (χ0) is 17.0. The Hall–Kier alpha value is -2.41. The summed E-state index contributed by atoms with van der Waals surface area (Å²) in [4.78, 5) is 12.0. The SMILES string of the molecule is CC(Oc1ccc(F)c(F)c1)C(=O)NCC(C)(O)c1ccco1. The highest BCUT2D eigenvalue weighted by molar-refractivity contribution is 5.80. The predicted molar refractivity (Wildman–Crippen MR) is 77.7 cm³/mol. The van der Waals surface area contributed by atoms with Crippen LogP contribution in [0.25, 0.3) is 0 Å². The molecule has 2 N–H and O–H groups in total. The molecule has 0 bridgehead atoms. The van der Waals surface area contributed by atoms with E-state index in [1.165, 1.54) is 26.2 Å². The first-order chi connectivity index (χ1) is 10.8. The average Bonchev–Trinajstić information content (AvgIpc) is 3.04. The third-order valence-corrected chi connectivity index (χ3v) is 3.23. The van der Waals surface area contributed by atoms with E-state index in [0.717, 1.165) is 12.1 Å². The molecule has 0 fully saturated rings. The summed E-state index contributed by atoms with van der Waals surface area (Å²) in [6.07, 6.45) is 0.465. The largest absolute Gasteiger partial charge is 0.481 e. The number of halogens is 2. The van der Waals surface area contributed by atoms with Gasteiger partial charge in [0.25, 0.3) is 5.91 Å². The number of nitrogens with one attached hydrogen (secondary N) is 1. The van der Waals surface area contributed by atoms with Gasteiger partial charge in [0.1, 0.15) is 17.1 Å². The fourth-order valence-electron chi connectivity index (χ4n) is 1.88. The predicted octanol–water partition coefficient (Wildman–Crippen LogP) is 2.35. The second kappa shape index (κ2) is 6.78. The van der Waals surface area contributed by atoms with Crippen LogP contribution < -0.4 is 10.1 Å². The lowest BCUT2D eigenvalue weighted by Gasteiger charge is -2.22. The van der Waals surface area contributed by atoms with E-state index in [1.807, 2.05) is 0 Å². The highest BCUT2D eigenvalue weighted by atomic mass is 19.2. The molecule has 23 heavy (non-hydrogen) atoms. The van der Waals surface area contributed by atoms with Crippen molar-refractivity contribution < 1.29 is 27.8 Å². The zero-order valence-corrected chi connectivity index (χ0v) is 12.7. The van der Waals surface area contributed by atoms with Crippen LogP contribution in [0.2, 0.25) is 0 Å². The van der Waals surface area contributed by atoms with Gasteiger partial charge in [-0.05, 0) is 38.1 Å². The van der Waals surface area contributed by atoms with Crippen molar-refractivity contribution in [1.82, 2.24) is 5.32 Å². The number of ether oxygens (including phenoxy) is 1. The van der Waals surface area contributed by atoms with Crippen molar-refractivity contribution in [3.63, 3.8) is 0 Å². The van der Waals surface area contributed by atoms with Crippen molar-refractivity contribution in [1.29, 1.82) is 0 Å². The Bertz CT molecular complexity index is 671. The first kappa shape index (κ1) is 17.0. The molecule has 2 atom stereocenters. The van der Waals surface area contributed by atoms with Gasteiger partial charge in [-0.15, -0.1) is 0 Å². The lowest BCUT2D eigenvalue weighted by molar-refractivity contribution is -0.128. The van der Waals surface area contributed by atoms with Gasteiger partial charge in [0.15, 0.2) is 17.7 Å². The fraction of sp³-hybridized carbons (Fsp3) is 0.312. The molecule has 1 heterocycles. The van der Waals surface area contributed by atoms with Crippen LogP contribution >= 0.6 is 0 Å². The van der Waals surface area contributed by atoms with Gasteiger partial charge in [-0.1, -0.05) is 0 Å². The fourth-order valence-corrected chi connectivity index (χ4v) is 1.88. The number of hydrogen-bond acceptors (Lipinski definition) is 4. The Morgan fingerprint density at radius 3 is 2.74 bits per heavy atom. The summed E-state index contributed by atoms with van der Waals surface area (Å²) >= 11 is 0. The molecule has 0 aliphatic carbocycles. The molecule has 0 aliphatic heterocycles. The molecule has 1 aromatic carbocycles. The van der Waals surface area contributed by atoms with E-state index in [0.29, 0.717) is 5.76 Å². The molecule has 0 saturated heterocycles. The van der Waals surface area contributed by atoms with Gasteiger partial charge in [-0.3, -0.25) is 4.79 Å². The zero-order valence-electron chi connectivity index (χ0n) is 12.7. The minimum absolute atomic E-state index is 0.0318. The minimum atomic E-state index is -1.37. The van der Waals surface area contributed by atoms with E-state index in [9.17, 15) is 18.7 Å². The molecule has 2 unspecified atom stereocenters. The summed E-state index contributed by atoms with van der Waals surface area (Å²) in [7, 11) is 0. The standard InChI is InChI=1S/C16H17F2NO4/c1-10(23-11-5-6-12(17)13(18)8-11)15(20)19-9-16(2,21)14-4-3-7-22-14/h3-8,10,21H,9H2,1-2H3,(H,19,20). The molecule has 0 spiro atoms. The summed E-state index contributed by atoms with van der Waals surface area (Å²) in [5, 5.41) is 12.7. The van der Waals surface area contributed by atoms with Gasteiger partial charge in [-0.25, -0.2) is 8.78 Å². The smallest absolute Gasteiger partial charge is 0.260 e. The van der Waals surface area contributed by atoms with Crippen LogP contribution in [-0.2, 0) is 10.4 Å². The van der Waals surface area contributed by atoms with Crippen LogP contribution in [0.15, 0.2) is 41.0 Å². The molecule has 0 radical (unpaired) electrons. The van der Waals surface area contributed by atoms with E-state index in [4.69, 9.17) is 9.15 Å². The molecule has 7 heteroatoms. The molecule has 2 aromatic rings. The maximum Gasteiger partial charge on any atom is 0.260 e. The van der Waals surface area contributed by atoms with Crippen molar-refractivity contribution in [2.24, 2.45) is 0 Å². The molecular formula is C16H17F2NO4. The van der Waals surface area contributed by atoms with Crippen molar-refractivity contribution >= 4 is 5.91 Å². The van der Waals surface area contributed by atoms with Gasteiger partial charge < -0.3 is 19.6 Å². The Labute approximate surface area is 131 Å². The summed E-state index contributed by atoms with van der Waals surface area (Å²) in [6.45, 7) is 2.86. The van der Waals surface area contributed by atoms with E-state index < -0.39 is 29.2 Å². The first-order valence-electron chi connectivity index (χ1n) is 6.95. The van der Waals surface area contributed by atoms with Crippen molar-refractivity contribution in [2.75, 3.05) is 6.54 Å². The highest BCUT2D eigenvalue weighted by Gasteiger charge is 2.28. The number of benzene rings is 1. The van der Waals surface area contributed by atoms with Gasteiger partial charge in [-0.2, -0.15) is 0 Å². The van der Waals surface area contributed by atoms with Crippen LogP contribution in [0.1, 0.15) is 19.6 Å². The summed E-state index contributed by atoms with van der Waals surface area (Å²) in [5.74, 6) is -2.22.